The molecule has 2 rings (SSSR count). The summed E-state index contributed by atoms with van der Waals surface area (Å²) in [6, 6.07) is 10.1. The zero-order valence-corrected chi connectivity index (χ0v) is 11.2. The second-order valence-corrected chi connectivity index (χ2v) is 5.58. The first-order valence-electron chi connectivity index (χ1n) is 6.05. The molecule has 0 bridgehead atoms. The van der Waals surface area contributed by atoms with Gasteiger partial charge in [0.2, 0.25) is 0 Å². The van der Waals surface area contributed by atoms with Gasteiger partial charge in [-0.3, -0.25) is 0 Å². The van der Waals surface area contributed by atoms with E-state index in [1.807, 2.05) is 25.1 Å². The molecule has 0 radical (unpaired) electrons. The number of nitrogens with zero attached hydrogens (tertiary/aromatic N) is 1. The Balaban J connectivity index is 2.43. The Bertz CT molecular complexity index is 604. The number of aryl methyl sites for hydroxylation is 1. The number of aromatic amines is 1. The zero-order valence-electron chi connectivity index (χ0n) is 11.2. The summed E-state index contributed by atoms with van der Waals surface area (Å²) in [5, 5.41) is 0. The third-order valence-corrected chi connectivity index (χ3v) is 2.93. The van der Waals surface area contributed by atoms with Crippen LogP contribution in [0.5, 0.6) is 0 Å². The van der Waals surface area contributed by atoms with Crippen molar-refractivity contribution >= 4 is 0 Å². The first-order valence-corrected chi connectivity index (χ1v) is 6.05. The van der Waals surface area contributed by atoms with Crippen molar-refractivity contribution in [2.24, 2.45) is 0 Å². The highest BCUT2D eigenvalue weighted by atomic mass is 16.1. The summed E-state index contributed by atoms with van der Waals surface area (Å²) < 4.78 is 0. The highest BCUT2D eigenvalue weighted by Gasteiger charge is 2.13. The van der Waals surface area contributed by atoms with E-state index in [4.69, 9.17) is 0 Å². The number of nitrogens with one attached hydrogen (secondary N) is 1. The molecule has 3 heteroatoms. The van der Waals surface area contributed by atoms with Gasteiger partial charge in [0.15, 0.2) is 0 Å². The molecule has 0 amide bonds. The van der Waals surface area contributed by atoms with Gasteiger partial charge in [-0.2, -0.15) is 4.98 Å². The smallest absolute Gasteiger partial charge is 0.310 e. The maximum absolute atomic E-state index is 11.3. The Hall–Kier alpha value is -1.90. The molecular formula is C15H18N2O. The lowest BCUT2D eigenvalue weighted by Gasteiger charge is -2.19. The standard InChI is InChI=1S/C15H18N2O/c1-10-9-13(17-14(18)16-10)11-5-7-12(8-6-11)15(2,3)4/h5-9H,1-4H3,(H,16,17,18). The molecule has 0 aliphatic heterocycles. The number of aromatic nitrogens is 2. The minimum absolute atomic E-state index is 0.135. The predicted molar refractivity (Wildman–Crippen MR) is 73.7 cm³/mol. The summed E-state index contributed by atoms with van der Waals surface area (Å²) in [4.78, 5) is 18.0. The van der Waals surface area contributed by atoms with Crippen LogP contribution in [-0.4, -0.2) is 9.97 Å². The fraction of sp³-hybridized carbons (Fsp3) is 0.333. The van der Waals surface area contributed by atoms with Gasteiger partial charge in [0.05, 0.1) is 5.69 Å². The van der Waals surface area contributed by atoms with Gasteiger partial charge in [0.25, 0.3) is 0 Å². The Labute approximate surface area is 107 Å². The van der Waals surface area contributed by atoms with Gasteiger partial charge >= 0.3 is 5.69 Å². The number of H-pyrrole nitrogens is 1. The van der Waals surface area contributed by atoms with E-state index in [0.717, 1.165) is 17.0 Å². The van der Waals surface area contributed by atoms with Gasteiger partial charge in [0, 0.05) is 11.3 Å². The van der Waals surface area contributed by atoms with Crippen LogP contribution in [0.4, 0.5) is 0 Å². The van der Waals surface area contributed by atoms with Crippen molar-refractivity contribution in [2.45, 2.75) is 33.1 Å². The monoisotopic (exact) mass is 242 g/mol. The van der Waals surface area contributed by atoms with Crippen LogP contribution in [0.1, 0.15) is 32.0 Å². The summed E-state index contributed by atoms with van der Waals surface area (Å²) in [5.74, 6) is 0. The topological polar surface area (TPSA) is 45.8 Å². The van der Waals surface area contributed by atoms with Crippen molar-refractivity contribution in [3.05, 3.63) is 52.1 Å². The van der Waals surface area contributed by atoms with Gasteiger partial charge in [-0.1, -0.05) is 45.0 Å². The van der Waals surface area contributed by atoms with Gasteiger partial charge in [-0.25, -0.2) is 4.79 Å². The molecule has 0 aliphatic rings. The molecule has 94 valence electrons. The first kappa shape index (κ1) is 12.6. The molecule has 3 nitrogen and oxygen atoms in total. The van der Waals surface area contributed by atoms with E-state index in [1.54, 1.807) is 0 Å². The maximum atomic E-state index is 11.3. The quantitative estimate of drug-likeness (QED) is 0.835. The molecule has 1 N–H and O–H groups in total. The van der Waals surface area contributed by atoms with Crippen molar-refractivity contribution in [3.8, 4) is 11.3 Å². The molecule has 0 atom stereocenters. The first-order chi connectivity index (χ1) is 8.36. The van der Waals surface area contributed by atoms with Crippen LogP contribution >= 0.6 is 0 Å². The molecule has 0 saturated heterocycles. The van der Waals surface area contributed by atoms with E-state index in [-0.39, 0.29) is 11.1 Å². The predicted octanol–water partition coefficient (Wildman–Crippen LogP) is 3.04. The fourth-order valence-corrected chi connectivity index (χ4v) is 1.87. The summed E-state index contributed by atoms with van der Waals surface area (Å²) in [6.07, 6.45) is 0. The largest absolute Gasteiger partial charge is 0.345 e. The average molecular weight is 242 g/mol. The van der Waals surface area contributed by atoms with Crippen LogP contribution in [0.3, 0.4) is 0 Å². The average Bonchev–Trinajstić information content (AvgIpc) is 2.27. The highest BCUT2D eigenvalue weighted by molar-refractivity contribution is 5.59. The lowest BCUT2D eigenvalue weighted by molar-refractivity contribution is 0.590. The molecule has 18 heavy (non-hydrogen) atoms. The van der Waals surface area contributed by atoms with Crippen molar-refractivity contribution in [1.82, 2.24) is 9.97 Å². The van der Waals surface area contributed by atoms with E-state index in [0.29, 0.717) is 0 Å². The van der Waals surface area contributed by atoms with Crippen LogP contribution < -0.4 is 5.69 Å². The second-order valence-electron chi connectivity index (χ2n) is 5.58. The Morgan fingerprint density at radius 3 is 2.22 bits per heavy atom. The fourth-order valence-electron chi connectivity index (χ4n) is 1.87. The second kappa shape index (κ2) is 4.41. The van der Waals surface area contributed by atoms with E-state index in [2.05, 4.69) is 42.9 Å². The summed E-state index contributed by atoms with van der Waals surface area (Å²) >= 11 is 0. The highest BCUT2D eigenvalue weighted by Crippen LogP contribution is 2.24. The maximum Gasteiger partial charge on any atom is 0.345 e. The van der Waals surface area contributed by atoms with Crippen molar-refractivity contribution < 1.29 is 0 Å². The Morgan fingerprint density at radius 2 is 1.72 bits per heavy atom. The van der Waals surface area contributed by atoms with Crippen LogP contribution in [-0.2, 0) is 5.41 Å². The van der Waals surface area contributed by atoms with Gasteiger partial charge in [0.1, 0.15) is 0 Å². The van der Waals surface area contributed by atoms with Crippen LogP contribution in [0, 0.1) is 6.92 Å². The molecule has 2 aromatic rings. The van der Waals surface area contributed by atoms with Crippen molar-refractivity contribution in [1.29, 1.82) is 0 Å². The third-order valence-electron chi connectivity index (χ3n) is 2.93. The van der Waals surface area contributed by atoms with Crippen LogP contribution in [0.25, 0.3) is 11.3 Å². The molecule has 1 aromatic carbocycles. The van der Waals surface area contributed by atoms with Crippen LogP contribution in [0.15, 0.2) is 35.1 Å². The molecule has 0 aliphatic carbocycles. The van der Waals surface area contributed by atoms with E-state index >= 15 is 0 Å². The Kier molecular flexibility index (Phi) is 3.07. The Morgan fingerprint density at radius 1 is 1.11 bits per heavy atom. The van der Waals surface area contributed by atoms with Gasteiger partial charge in [-0.15, -0.1) is 0 Å². The number of benzene rings is 1. The molecule has 0 spiro atoms. The summed E-state index contributed by atoms with van der Waals surface area (Å²) in [6.45, 7) is 8.39. The van der Waals surface area contributed by atoms with E-state index in [9.17, 15) is 4.79 Å². The molecule has 1 heterocycles. The number of rotatable bonds is 1. The van der Waals surface area contributed by atoms with Crippen molar-refractivity contribution in [3.63, 3.8) is 0 Å². The SMILES string of the molecule is Cc1cc(-c2ccc(C(C)(C)C)cc2)nc(=O)[nH]1. The third kappa shape index (κ3) is 2.67. The minimum Gasteiger partial charge on any atom is -0.310 e. The van der Waals surface area contributed by atoms with Crippen LogP contribution in [0.2, 0.25) is 0 Å². The normalized spacial score (nSPS) is 11.6. The van der Waals surface area contributed by atoms with Gasteiger partial charge < -0.3 is 4.98 Å². The summed E-state index contributed by atoms with van der Waals surface area (Å²) in [7, 11) is 0. The molecule has 0 unspecified atom stereocenters. The lowest BCUT2D eigenvalue weighted by Crippen LogP contribution is -2.12. The molecule has 1 aromatic heterocycles. The number of hydrogen-bond acceptors (Lipinski definition) is 2. The van der Waals surface area contributed by atoms with E-state index in [1.165, 1.54) is 5.56 Å². The molecule has 0 fully saturated rings. The zero-order chi connectivity index (χ0) is 13.3. The van der Waals surface area contributed by atoms with E-state index < -0.39 is 0 Å². The lowest BCUT2D eigenvalue weighted by atomic mass is 9.86. The molecular weight excluding hydrogens is 224 g/mol. The van der Waals surface area contributed by atoms with Gasteiger partial charge in [-0.05, 0) is 24.0 Å². The molecule has 0 saturated carbocycles. The van der Waals surface area contributed by atoms with Crippen molar-refractivity contribution in [2.75, 3.05) is 0 Å². The summed E-state index contributed by atoms with van der Waals surface area (Å²) in [5.41, 5.74) is 3.62. The minimum atomic E-state index is -0.301. The number of hydrogen-bond donors (Lipinski definition) is 1.